The maximum atomic E-state index is 13.3. The molecule has 3 aromatic rings. The van der Waals surface area contributed by atoms with Crippen molar-refractivity contribution in [2.45, 2.75) is 12.5 Å². The third kappa shape index (κ3) is 3.30. The molecule has 154 valence electrons. The summed E-state index contributed by atoms with van der Waals surface area (Å²) < 4.78 is 11.4. The largest absolute Gasteiger partial charge is 0.450 e. The Kier molecular flexibility index (Phi) is 5.06. The van der Waals surface area contributed by atoms with Gasteiger partial charge in [0.2, 0.25) is 5.76 Å². The molecule has 7 heteroatoms. The first-order valence-corrected chi connectivity index (χ1v) is 10.4. The number of nitrogens with one attached hydrogen (secondary N) is 1. The minimum Gasteiger partial charge on any atom is -0.450 e. The Morgan fingerprint density at radius 2 is 1.83 bits per heavy atom. The Morgan fingerprint density at radius 1 is 1.07 bits per heavy atom. The average Bonchev–Trinajstić information content (AvgIpc) is 3.07. The van der Waals surface area contributed by atoms with Gasteiger partial charge >= 0.3 is 0 Å². The summed E-state index contributed by atoms with van der Waals surface area (Å²) in [6, 6.07) is 10.4. The molecule has 2 aliphatic heterocycles. The van der Waals surface area contributed by atoms with Crippen LogP contribution in [0.3, 0.4) is 0 Å². The number of amides is 1. The fourth-order valence-electron chi connectivity index (χ4n) is 4.50. The lowest BCUT2D eigenvalue weighted by Gasteiger charge is -2.27. The second-order valence-corrected chi connectivity index (χ2v) is 7.82. The third-order valence-corrected chi connectivity index (χ3v) is 6.02. The van der Waals surface area contributed by atoms with Crippen LogP contribution in [-0.2, 0) is 4.74 Å². The van der Waals surface area contributed by atoms with Gasteiger partial charge in [-0.3, -0.25) is 14.6 Å². The van der Waals surface area contributed by atoms with Gasteiger partial charge in [-0.15, -0.1) is 0 Å². The molecule has 1 atom stereocenters. The first kappa shape index (κ1) is 19.0. The Morgan fingerprint density at radius 3 is 2.63 bits per heavy atom. The Bertz CT molecular complexity index is 1120. The average molecular weight is 406 g/mol. The predicted molar refractivity (Wildman–Crippen MR) is 111 cm³/mol. The molecule has 2 aliphatic rings. The first-order valence-electron chi connectivity index (χ1n) is 10.4. The zero-order valence-electron chi connectivity index (χ0n) is 16.7. The molecule has 1 aromatic carbocycles. The normalized spacial score (nSPS) is 19.4. The van der Waals surface area contributed by atoms with E-state index in [9.17, 15) is 9.59 Å². The smallest absolute Gasteiger partial charge is 0.290 e. The molecule has 1 amide bonds. The number of hydrogen-bond donors (Lipinski definition) is 1. The summed E-state index contributed by atoms with van der Waals surface area (Å²) >= 11 is 0. The number of morpholine rings is 1. The minimum absolute atomic E-state index is 0.136. The van der Waals surface area contributed by atoms with E-state index in [1.807, 2.05) is 18.2 Å². The van der Waals surface area contributed by atoms with Crippen LogP contribution < -0.4 is 10.3 Å². The number of nitrogens with zero attached hydrogens (tertiary/aromatic N) is 2. The van der Waals surface area contributed by atoms with E-state index in [4.69, 9.17) is 9.15 Å². The fourth-order valence-corrected chi connectivity index (χ4v) is 4.50. The van der Waals surface area contributed by atoms with E-state index >= 15 is 0 Å². The summed E-state index contributed by atoms with van der Waals surface area (Å²) in [4.78, 5) is 34.0. The second kappa shape index (κ2) is 8.01. The van der Waals surface area contributed by atoms with Crippen LogP contribution >= 0.6 is 0 Å². The van der Waals surface area contributed by atoms with Gasteiger partial charge in [-0.05, 0) is 29.8 Å². The molecular formula is C23H24N3O4+. The van der Waals surface area contributed by atoms with E-state index in [1.165, 1.54) is 4.90 Å². The van der Waals surface area contributed by atoms with Crippen LogP contribution in [0.5, 0.6) is 0 Å². The van der Waals surface area contributed by atoms with Gasteiger partial charge in [0, 0.05) is 25.4 Å². The van der Waals surface area contributed by atoms with Gasteiger partial charge in [0.25, 0.3) is 5.91 Å². The number of pyridine rings is 1. The zero-order valence-corrected chi connectivity index (χ0v) is 16.7. The summed E-state index contributed by atoms with van der Waals surface area (Å²) in [5, 5.41) is 0.503. The number of fused-ring (bicyclic) bond motifs is 2. The zero-order chi connectivity index (χ0) is 20.5. The number of ether oxygens (including phenoxy) is 1. The summed E-state index contributed by atoms with van der Waals surface area (Å²) in [6.07, 6.45) is 4.23. The van der Waals surface area contributed by atoms with Crippen molar-refractivity contribution in [3.05, 3.63) is 75.9 Å². The molecule has 1 saturated heterocycles. The molecule has 0 spiro atoms. The van der Waals surface area contributed by atoms with E-state index in [2.05, 4.69) is 4.98 Å². The molecule has 0 saturated carbocycles. The lowest BCUT2D eigenvalue weighted by Crippen LogP contribution is -3.14. The van der Waals surface area contributed by atoms with Gasteiger partial charge in [-0.2, -0.15) is 0 Å². The van der Waals surface area contributed by atoms with Crippen LogP contribution in [0, 0.1) is 0 Å². The molecular weight excluding hydrogens is 382 g/mol. The lowest BCUT2D eigenvalue weighted by atomic mass is 9.99. The molecule has 0 aliphatic carbocycles. The molecule has 7 nitrogen and oxygen atoms in total. The molecule has 30 heavy (non-hydrogen) atoms. The van der Waals surface area contributed by atoms with Crippen molar-refractivity contribution in [3.63, 3.8) is 0 Å². The standard InChI is InChI=1S/C23H23N3O4/c27-21-17-4-1-2-5-18(17)30-22-19(21)20(16-6-8-24-9-7-16)26(23(22)28)11-3-10-25-12-14-29-15-13-25/h1-2,4-9,20H,3,10-15H2/p+1/t20-/m0/s1. The number of aromatic nitrogens is 1. The maximum absolute atomic E-state index is 13.3. The second-order valence-electron chi connectivity index (χ2n) is 7.82. The van der Waals surface area contributed by atoms with Crippen molar-refractivity contribution in [1.29, 1.82) is 0 Å². The van der Waals surface area contributed by atoms with E-state index in [0.717, 1.165) is 44.8 Å². The highest BCUT2D eigenvalue weighted by Gasteiger charge is 2.42. The van der Waals surface area contributed by atoms with Crippen molar-refractivity contribution in [3.8, 4) is 0 Å². The quantitative estimate of drug-likeness (QED) is 0.685. The number of rotatable bonds is 5. The molecule has 5 rings (SSSR count). The lowest BCUT2D eigenvalue weighted by molar-refractivity contribution is -0.908. The van der Waals surface area contributed by atoms with Gasteiger partial charge < -0.3 is 19.0 Å². The predicted octanol–water partition coefficient (Wildman–Crippen LogP) is 1.04. The van der Waals surface area contributed by atoms with Gasteiger partial charge in [0.1, 0.15) is 18.7 Å². The highest BCUT2D eigenvalue weighted by atomic mass is 16.5. The molecule has 0 bridgehead atoms. The molecule has 1 fully saturated rings. The maximum Gasteiger partial charge on any atom is 0.290 e. The highest BCUT2D eigenvalue weighted by molar-refractivity contribution is 5.99. The molecule has 0 radical (unpaired) electrons. The van der Waals surface area contributed by atoms with Crippen molar-refractivity contribution >= 4 is 16.9 Å². The fraction of sp³-hybridized carbons (Fsp3) is 0.348. The number of carbonyl (C=O) groups is 1. The monoisotopic (exact) mass is 406 g/mol. The SMILES string of the molecule is O=C1c2oc3ccccc3c(=O)c2[C@H](c2ccncc2)N1CCC[NH+]1CCOCC1. The number of para-hydroxylation sites is 1. The van der Waals surface area contributed by atoms with Crippen LogP contribution in [-0.4, -0.2) is 55.2 Å². The van der Waals surface area contributed by atoms with Crippen molar-refractivity contribution < 1.29 is 18.8 Å². The van der Waals surface area contributed by atoms with E-state index in [-0.39, 0.29) is 17.1 Å². The summed E-state index contributed by atoms with van der Waals surface area (Å²) in [6.45, 7) is 5.09. The summed E-state index contributed by atoms with van der Waals surface area (Å²) in [5.41, 5.74) is 1.62. The van der Waals surface area contributed by atoms with Gasteiger partial charge in [0.15, 0.2) is 5.43 Å². The Hall–Kier alpha value is -3.03. The van der Waals surface area contributed by atoms with Crippen LogP contribution in [0.2, 0.25) is 0 Å². The van der Waals surface area contributed by atoms with Crippen molar-refractivity contribution in [1.82, 2.24) is 9.88 Å². The molecule has 2 aromatic heterocycles. The van der Waals surface area contributed by atoms with E-state index in [1.54, 1.807) is 35.5 Å². The summed E-state index contributed by atoms with van der Waals surface area (Å²) in [7, 11) is 0. The number of hydrogen-bond acceptors (Lipinski definition) is 5. The third-order valence-electron chi connectivity index (χ3n) is 6.02. The molecule has 0 unspecified atom stereocenters. The number of carbonyl (C=O) groups excluding carboxylic acids is 1. The summed E-state index contributed by atoms with van der Waals surface area (Å²) in [5.74, 6) is -0.0501. The Balaban J connectivity index is 1.51. The highest BCUT2D eigenvalue weighted by Crippen LogP contribution is 2.37. The number of quaternary nitrogens is 1. The van der Waals surface area contributed by atoms with E-state index < -0.39 is 6.04 Å². The van der Waals surface area contributed by atoms with Crippen molar-refractivity contribution in [2.75, 3.05) is 39.4 Å². The van der Waals surface area contributed by atoms with Crippen LogP contribution in [0.4, 0.5) is 0 Å². The van der Waals surface area contributed by atoms with E-state index in [0.29, 0.717) is 23.1 Å². The van der Waals surface area contributed by atoms with Crippen LogP contribution in [0.25, 0.3) is 11.0 Å². The first-order chi connectivity index (χ1) is 14.7. The van der Waals surface area contributed by atoms with Crippen LogP contribution in [0.15, 0.2) is 58.0 Å². The molecule has 1 N–H and O–H groups in total. The minimum atomic E-state index is -0.448. The van der Waals surface area contributed by atoms with Gasteiger partial charge in [0.05, 0.1) is 36.8 Å². The van der Waals surface area contributed by atoms with Crippen molar-refractivity contribution in [2.24, 2.45) is 0 Å². The number of benzene rings is 1. The Labute approximate surface area is 173 Å². The molecule has 4 heterocycles. The van der Waals surface area contributed by atoms with Gasteiger partial charge in [-0.1, -0.05) is 12.1 Å². The van der Waals surface area contributed by atoms with Crippen LogP contribution in [0.1, 0.15) is 34.1 Å². The van der Waals surface area contributed by atoms with Gasteiger partial charge in [-0.25, -0.2) is 0 Å². The topological polar surface area (TPSA) is 77.1 Å².